The number of benzene rings is 2. The lowest BCUT2D eigenvalue weighted by molar-refractivity contribution is 0.122. The number of ether oxygens (including phenoxy) is 2. The minimum Gasteiger partial charge on any atom is -0.744 e. The zero-order chi connectivity index (χ0) is 50.3. The van der Waals surface area contributed by atoms with Gasteiger partial charge in [0.05, 0.1) is 36.2 Å². The third kappa shape index (κ3) is 13.3. The first-order valence-electron chi connectivity index (χ1n) is 23.5. The van der Waals surface area contributed by atoms with E-state index in [2.05, 4.69) is 107 Å². The number of nitrogens with one attached hydrogen (secondary N) is 6. The lowest BCUT2D eigenvalue weighted by Crippen LogP contribution is -2.60. The maximum absolute atomic E-state index is 12.8. The maximum atomic E-state index is 12.8. The fourth-order valence-electron chi connectivity index (χ4n) is 10.4. The molecule has 4 aromatic rings. The third-order valence-corrected chi connectivity index (χ3v) is 14.2. The number of hydrogen-bond donors (Lipinski definition) is 6. The Labute approximate surface area is 410 Å². The zero-order valence-electron chi connectivity index (χ0n) is 40.9. The lowest BCUT2D eigenvalue weighted by atomic mass is 9.79. The average molecular weight is 1010 g/mol. The molecule has 4 saturated heterocycles. The van der Waals surface area contributed by atoms with Crippen molar-refractivity contribution in [2.45, 2.75) is 125 Å². The van der Waals surface area contributed by atoms with Crippen LogP contribution in [0.3, 0.4) is 0 Å². The summed E-state index contributed by atoms with van der Waals surface area (Å²) in [5, 5.41) is 20.5. The SMILES string of the molecule is CC1(C)CC(Nc2nc(Nc3ccc(C=Cc4ccc(Nc5nc(NC6CC(C)(C)NC(C)(C)C6)nc(N6CCOCC6)n5)cc4S(=O)(=O)[O-])c(S(=O)(=O)[O-])c3)nc(N3CCOCC3)n2)CC(C)(C)N1. The van der Waals surface area contributed by atoms with Gasteiger partial charge in [-0.25, -0.2) is 16.8 Å². The molecule has 8 rings (SSSR count). The topological polar surface area (TPSA) is 289 Å². The number of morpholine rings is 2. The van der Waals surface area contributed by atoms with Crippen molar-refractivity contribution in [2.24, 2.45) is 0 Å². The number of nitrogens with zero attached hydrogens (tertiary/aromatic N) is 8. The Bertz CT molecular complexity index is 2600. The Morgan fingerprint density at radius 3 is 1.20 bits per heavy atom. The van der Waals surface area contributed by atoms with Gasteiger partial charge in [0, 0.05) is 71.8 Å². The summed E-state index contributed by atoms with van der Waals surface area (Å²) in [6.07, 6.45) is 5.72. The van der Waals surface area contributed by atoms with Gasteiger partial charge in [-0.05, 0) is 116 Å². The quantitative estimate of drug-likeness (QED) is 0.0741. The van der Waals surface area contributed by atoms with Gasteiger partial charge in [0.1, 0.15) is 20.2 Å². The van der Waals surface area contributed by atoms with Crippen LogP contribution in [0.4, 0.5) is 47.1 Å². The fourth-order valence-corrected chi connectivity index (χ4v) is 11.8. The van der Waals surface area contributed by atoms with Crippen LogP contribution in [0.2, 0.25) is 0 Å². The molecule has 6 N–H and O–H groups in total. The van der Waals surface area contributed by atoms with Crippen molar-refractivity contribution in [3.8, 4) is 0 Å². The summed E-state index contributed by atoms with van der Waals surface area (Å²) in [5.41, 5.74) is -0.346. The van der Waals surface area contributed by atoms with E-state index in [1.807, 2.05) is 9.80 Å². The Morgan fingerprint density at radius 1 is 0.543 bits per heavy atom. The molecule has 4 aliphatic rings. The summed E-state index contributed by atoms with van der Waals surface area (Å²) < 4.78 is 87.9. The van der Waals surface area contributed by atoms with E-state index in [4.69, 9.17) is 19.4 Å². The van der Waals surface area contributed by atoms with Crippen molar-refractivity contribution >= 4 is 79.5 Å². The van der Waals surface area contributed by atoms with Gasteiger partial charge in [-0.15, -0.1) is 0 Å². The molecule has 380 valence electrons. The summed E-state index contributed by atoms with van der Waals surface area (Å²) in [4.78, 5) is 30.8. The predicted molar refractivity (Wildman–Crippen MR) is 266 cm³/mol. The van der Waals surface area contributed by atoms with Gasteiger partial charge in [-0.3, -0.25) is 0 Å². The molecular formula is C46H64N14O8S2-2. The van der Waals surface area contributed by atoms with Gasteiger partial charge >= 0.3 is 0 Å². The van der Waals surface area contributed by atoms with Gasteiger partial charge in [-0.2, -0.15) is 29.9 Å². The fraction of sp³-hybridized carbons (Fsp3) is 0.565. The molecule has 0 saturated carbocycles. The molecule has 0 aliphatic carbocycles. The van der Waals surface area contributed by atoms with Crippen LogP contribution in [-0.4, -0.2) is 143 Å². The first kappa shape index (κ1) is 51.0. The number of anilines is 8. The minimum atomic E-state index is -5.11. The molecule has 0 atom stereocenters. The zero-order valence-corrected chi connectivity index (χ0v) is 42.6. The van der Waals surface area contributed by atoms with Crippen molar-refractivity contribution in [3.63, 3.8) is 0 Å². The molecule has 0 bridgehead atoms. The van der Waals surface area contributed by atoms with Crippen molar-refractivity contribution < 1.29 is 35.4 Å². The largest absolute Gasteiger partial charge is 0.744 e. The second-order valence-electron chi connectivity index (χ2n) is 21.0. The van der Waals surface area contributed by atoms with Gasteiger partial charge in [0.15, 0.2) is 0 Å². The van der Waals surface area contributed by atoms with E-state index in [0.29, 0.717) is 76.4 Å². The standard InChI is InChI=1S/C46H66N14O8S2/c1-43(2)25-33(26-44(3,4)57-43)49-39-51-37(53-41(55-39)59-15-19-67-20-16-59)47-31-13-11-29(35(23-31)69(61,62)63)9-10-30-12-14-32(24-36(30)70(64,65)66)48-38-52-40(56-42(54-38)60-17-21-68-22-18-60)50-34-27-45(5,6)58-46(7,8)28-34/h9-14,23-24,33-34,57-58H,15-22,25-28H2,1-8H3,(H,61,62,63)(H,64,65,66)(H2,47,49,51,53,55)(H2,48,50,52,54,56)/p-2. The van der Waals surface area contributed by atoms with Gasteiger partial charge in [-0.1, -0.05) is 24.3 Å². The minimum absolute atomic E-state index is 0.0252. The molecule has 0 radical (unpaired) electrons. The van der Waals surface area contributed by atoms with Crippen molar-refractivity contribution in [3.05, 3.63) is 47.5 Å². The van der Waals surface area contributed by atoms with E-state index in [1.165, 1.54) is 36.4 Å². The second kappa shape index (κ2) is 19.7. The van der Waals surface area contributed by atoms with Crippen LogP contribution in [0.5, 0.6) is 0 Å². The van der Waals surface area contributed by atoms with E-state index in [0.717, 1.165) is 37.8 Å². The Hall–Kier alpha value is -5.34. The highest BCUT2D eigenvalue weighted by Crippen LogP contribution is 2.34. The van der Waals surface area contributed by atoms with E-state index in [-0.39, 0.29) is 68.6 Å². The molecule has 4 fully saturated rings. The predicted octanol–water partition coefficient (Wildman–Crippen LogP) is 4.64. The van der Waals surface area contributed by atoms with Crippen molar-refractivity contribution in [1.29, 1.82) is 0 Å². The molecule has 2 aromatic heterocycles. The molecule has 0 unspecified atom stereocenters. The van der Waals surface area contributed by atoms with E-state index in [1.54, 1.807) is 0 Å². The van der Waals surface area contributed by atoms with Gasteiger partial charge in [0.2, 0.25) is 35.7 Å². The summed E-state index contributed by atoms with van der Waals surface area (Å²) >= 11 is 0. The molecule has 2 aromatic carbocycles. The Kier molecular flexibility index (Phi) is 14.4. The first-order valence-corrected chi connectivity index (χ1v) is 26.3. The van der Waals surface area contributed by atoms with Crippen LogP contribution in [0.25, 0.3) is 12.2 Å². The number of piperidine rings is 2. The van der Waals surface area contributed by atoms with Crippen molar-refractivity contribution in [2.75, 3.05) is 83.7 Å². The molecule has 70 heavy (non-hydrogen) atoms. The van der Waals surface area contributed by atoms with Crippen LogP contribution >= 0.6 is 0 Å². The highest BCUT2D eigenvalue weighted by molar-refractivity contribution is 7.86. The van der Waals surface area contributed by atoms with Crippen LogP contribution in [0, 0.1) is 0 Å². The number of rotatable bonds is 14. The summed E-state index contributed by atoms with van der Waals surface area (Å²) in [7, 11) is -10.2. The molecule has 22 nitrogen and oxygen atoms in total. The van der Waals surface area contributed by atoms with Crippen LogP contribution in [-0.2, 0) is 29.7 Å². The highest BCUT2D eigenvalue weighted by atomic mass is 32.2. The van der Waals surface area contributed by atoms with Crippen molar-refractivity contribution in [1.82, 2.24) is 40.5 Å². The first-order chi connectivity index (χ1) is 32.8. The van der Waals surface area contributed by atoms with Crippen LogP contribution in [0.15, 0.2) is 46.2 Å². The van der Waals surface area contributed by atoms with Gasteiger partial charge < -0.3 is 60.3 Å². The molecule has 6 heterocycles. The maximum Gasteiger partial charge on any atom is 0.233 e. The van der Waals surface area contributed by atoms with E-state index >= 15 is 0 Å². The summed E-state index contributed by atoms with van der Waals surface area (Å²) in [6.45, 7) is 21.3. The van der Waals surface area contributed by atoms with E-state index in [9.17, 15) is 25.9 Å². The third-order valence-electron chi connectivity index (χ3n) is 12.4. The Morgan fingerprint density at radius 2 is 0.871 bits per heavy atom. The molecule has 0 spiro atoms. The van der Waals surface area contributed by atoms with E-state index < -0.39 is 30.0 Å². The molecule has 24 heteroatoms. The lowest BCUT2D eigenvalue weighted by Gasteiger charge is -2.46. The monoisotopic (exact) mass is 1000 g/mol. The number of hydrogen-bond acceptors (Lipinski definition) is 22. The van der Waals surface area contributed by atoms with Gasteiger partial charge in [0.25, 0.3) is 0 Å². The molecular weight excluding hydrogens is 941 g/mol. The van der Waals surface area contributed by atoms with Crippen LogP contribution in [0.1, 0.15) is 92.2 Å². The Balaban J connectivity index is 1.05. The smallest absolute Gasteiger partial charge is 0.233 e. The molecule has 0 amide bonds. The second-order valence-corrected chi connectivity index (χ2v) is 23.7. The van der Waals surface area contributed by atoms with Crippen LogP contribution < -0.4 is 41.7 Å². The normalized spacial score (nSPS) is 20.8. The summed E-state index contributed by atoms with van der Waals surface area (Å²) in [5.74, 6) is 1.66. The molecule has 4 aliphatic heterocycles. The highest BCUT2D eigenvalue weighted by Gasteiger charge is 2.39. The number of aromatic nitrogens is 6. The average Bonchev–Trinajstić information content (AvgIpc) is 3.24. The summed E-state index contributed by atoms with van der Waals surface area (Å²) in [6, 6.07) is 8.19.